The zero-order valence-corrected chi connectivity index (χ0v) is 15.4. The third kappa shape index (κ3) is 6.16. The van der Waals surface area contributed by atoms with Crippen molar-refractivity contribution in [3.63, 3.8) is 0 Å². The van der Waals surface area contributed by atoms with E-state index in [9.17, 15) is 4.79 Å². The van der Waals surface area contributed by atoms with Crippen LogP contribution in [-0.4, -0.2) is 43.1 Å². The van der Waals surface area contributed by atoms with Gasteiger partial charge in [0.15, 0.2) is 0 Å². The Morgan fingerprint density at radius 2 is 2.04 bits per heavy atom. The monoisotopic (exact) mass is 332 g/mol. The van der Waals surface area contributed by atoms with Gasteiger partial charge in [-0.25, -0.2) is 0 Å². The molecule has 0 saturated carbocycles. The maximum atomic E-state index is 12.0. The lowest BCUT2D eigenvalue weighted by Crippen LogP contribution is -2.45. The number of likely N-dealkylation sites (tertiary alicyclic amines) is 1. The summed E-state index contributed by atoms with van der Waals surface area (Å²) >= 11 is 0. The van der Waals surface area contributed by atoms with Crippen LogP contribution in [0.2, 0.25) is 0 Å². The van der Waals surface area contributed by atoms with Crippen LogP contribution in [0, 0.1) is 12.8 Å². The molecule has 1 unspecified atom stereocenters. The summed E-state index contributed by atoms with van der Waals surface area (Å²) < 4.78 is 5.73. The first kappa shape index (κ1) is 18.8. The summed E-state index contributed by atoms with van der Waals surface area (Å²) in [5.74, 6) is 1.88. The molecule has 0 radical (unpaired) electrons. The predicted octanol–water partition coefficient (Wildman–Crippen LogP) is 3.39. The molecular weight excluding hydrogens is 300 g/mol. The summed E-state index contributed by atoms with van der Waals surface area (Å²) in [7, 11) is 0. The standard InChI is InChI=1S/C20H32N2O2/c1-16-10-12-22(13-11-16)18(3)15-21-20(23)9-6-14-24-19-8-5-4-7-17(19)2/h4-5,7-8,16,18H,6,9-15H2,1-3H3,(H,21,23). The average Bonchev–Trinajstić information content (AvgIpc) is 2.58. The van der Waals surface area contributed by atoms with Crippen LogP contribution < -0.4 is 10.1 Å². The highest BCUT2D eigenvalue weighted by molar-refractivity contribution is 5.75. The van der Waals surface area contributed by atoms with E-state index in [1.165, 1.54) is 12.8 Å². The number of nitrogens with one attached hydrogen (secondary N) is 1. The molecule has 1 fully saturated rings. The number of carbonyl (C=O) groups is 1. The van der Waals surface area contributed by atoms with Crippen molar-refractivity contribution in [2.75, 3.05) is 26.2 Å². The van der Waals surface area contributed by atoms with Crippen LogP contribution in [0.4, 0.5) is 0 Å². The summed E-state index contributed by atoms with van der Waals surface area (Å²) in [6.07, 6.45) is 3.81. The summed E-state index contributed by atoms with van der Waals surface area (Å²) in [6.45, 7) is 10.2. The van der Waals surface area contributed by atoms with Crippen molar-refractivity contribution in [2.45, 2.75) is 52.5 Å². The van der Waals surface area contributed by atoms with Crippen molar-refractivity contribution >= 4 is 5.91 Å². The number of ether oxygens (including phenoxy) is 1. The Hall–Kier alpha value is -1.55. The quantitative estimate of drug-likeness (QED) is 0.742. The molecule has 4 heteroatoms. The van der Waals surface area contributed by atoms with E-state index in [0.29, 0.717) is 19.1 Å². The lowest BCUT2D eigenvalue weighted by Gasteiger charge is -2.35. The number of aryl methyl sites for hydroxylation is 1. The normalized spacial score (nSPS) is 17.5. The number of piperidine rings is 1. The third-order valence-corrected chi connectivity index (χ3v) is 4.94. The van der Waals surface area contributed by atoms with Gasteiger partial charge in [-0.1, -0.05) is 25.1 Å². The fourth-order valence-electron chi connectivity index (χ4n) is 3.08. The van der Waals surface area contributed by atoms with Gasteiger partial charge in [0.25, 0.3) is 0 Å². The van der Waals surface area contributed by atoms with E-state index >= 15 is 0 Å². The maximum absolute atomic E-state index is 12.0. The summed E-state index contributed by atoms with van der Waals surface area (Å²) in [6, 6.07) is 8.39. The topological polar surface area (TPSA) is 41.6 Å². The summed E-state index contributed by atoms with van der Waals surface area (Å²) in [5.41, 5.74) is 1.13. The van der Waals surface area contributed by atoms with Crippen molar-refractivity contribution in [1.82, 2.24) is 10.2 Å². The summed E-state index contributed by atoms with van der Waals surface area (Å²) in [5, 5.41) is 3.06. The zero-order chi connectivity index (χ0) is 17.4. The molecule has 1 aromatic rings. The van der Waals surface area contributed by atoms with Gasteiger partial charge in [0.2, 0.25) is 5.91 Å². The minimum absolute atomic E-state index is 0.126. The number of carbonyl (C=O) groups excluding carboxylic acids is 1. The molecule has 0 bridgehead atoms. The first-order chi connectivity index (χ1) is 11.6. The number of benzene rings is 1. The second-order valence-corrected chi connectivity index (χ2v) is 7.09. The van der Waals surface area contributed by atoms with Crippen molar-refractivity contribution in [3.8, 4) is 5.75 Å². The minimum atomic E-state index is 0.126. The molecule has 24 heavy (non-hydrogen) atoms. The average molecular weight is 332 g/mol. The van der Waals surface area contributed by atoms with Crippen molar-refractivity contribution in [1.29, 1.82) is 0 Å². The fraction of sp³-hybridized carbons (Fsp3) is 0.650. The first-order valence-electron chi connectivity index (χ1n) is 9.25. The van der Waals surface area contributed by atoms with Crippen LogP contribution in [-0.2, 0) is 4.79 Å². The van der Waals surface area contributed by atoms with Crippen LogP contribution in [0.25, 0.3) is 0 Å². The van der Waals surface area contributed by atoms with Gasteiger partial charge in [-0.3, -0.25) is 9.69 Å². The molecule has 1 saturated heterocycles. The number of amides is 1. The van der Waals surface area contributed by atoms with E-state index in [1.807, 2.05) is 31.2 Å². The van der Waals surface area contributed by atoms with E-state index in [0.717, 1.165) is 43.3 Å². The Kier molecular flexibility index (Phi) is 7.57. The van der Waals surface area contributed by atoms with Crippen LogP contribution in [0.15, 0.2) is 24.3 Å². The molecule has 1 aromatic carbocycles. The van der Waals surface area contributed by atoms with Crippen molar-refractivity contribution in [2.24, 2.45) is 5.92 Å². The maximum Gasteiger partial charge on any atom is 0.220 e. The Bertz CT molecular complexity index is 510. The molecular formula is C20H32N2O2. The van der Waals surface area contributed by atoms with Gasteiger partial charge in [-0.05, 0) is 63.7 Å². The SMILES string of the molecule is Cc1ccccc1OCCCC(=O)NCC(C)N1CCC(C)CC1. The van der Waals surface area contributed by atoms with Gasteiger partial charge >= 0.3 is 0 Å². The van der Waals surface area contributed by atoms with Gasteiger partial charge in [-0.2, -0.15) is 0 Å². The molecule has 1 aliphatic heterocycles. The predicted molar refractivity (Wildman–Crippen MR) is 98.4 cm³/mol. The van der Waals surface area contributed by atoms with E-state index < -0.39 is 0 Å². The number of rotatable bonds is 8. The van der Waals surface area contributed by atoms with Gasteiger partial charge in [0, 0.05) is 19.0 Å². The first-order valence-corrected chi connectivity index (χ1v) is 9.25. The fourth-order valence-corrected chi connectivity index (χ4v) is 3.08. The molecule has 4 nitrogen and oxygen atoms in total. The van der Waals surface area contributed by atoms with E-state index in [1.54, 1.807) is 0 Å². The Balaban J connectivity index is 1.57. The second-order valence-electron chi connectivity index (χ2n) is 7.09. The van der Waals surface area contributed by atoms with Gasteiger partial charge in [0.1, 0.15) is 5.75 Å². The van der Waals surface area contributed by atoms with E-state index in [4.69, 9.17) is 4.74 Å². The Morgan fingerprint density at radius 3 is 2.75 bits per heavy atom. The van der Waals surface area contributed by atoms with Crippen molar-refractivity contribution in [3.05, 3.63) is 29.8 Å². The zero-order valence-electron chi connectivity index (χ0n) is 15.4. The number of nitrogens with zero attached hydrogens (tertiary/aromatic N) is 1. The molecule has 0 aromatic heterocycles. The highest BCUT2D eigenvalue weighted by Crippen LogP contribution is 2.18. The molecule has 1 N–H and O–H groups in total. The van der Waals surface area contributed by atoms with Gasteiger partial charge in [0.05, 0.1) is 6.61 Å². The molecule has 1 atom stereocenters. The van der Waals surface area contributed by atoms with Crippen LogP contribution in [0.5, 0.6) is 5.75 Å². The highest BCUT2D eigenvalue weighted by atomic mass is 16.5. The minimum Gasteiger partial charge on any atom is -0.493 e. The molecule has 1 amide bonds. The Morgan fingerprint density at radius 1 is 1.33 bits per heavy atom. The highest BCUT2D eigenvalue weighted by Gasteiger charge is 2.20. The molecule has 0 spiro atoms. The largest absolute Gasteiger partial charge is 0.493 e. The van der Waals surface area contributed by atoms with E-state index in [2.05, 4.69) is 24.1 Å². The second kappa shape index (κ2) is 9.67. The van der Waals surface area contributed by atoms with Gasteiger partial charge in [-0.15, -0.1) is 0 Å². The molecule has 1 aliphatic rings. The van der Waals surface area contributed by atoms with Crippen molar-refractivity contribution < 1.29 is 9.53 Å². The molecule has 0 aliphatic carbocycles. The molecule has 134 valence electrons. The Labute approximate surface area is 146 Å². The lowest BCUT2D eigenvalue weighted by molar-refractivity contribution is -0.121. The third-order valence-electron chi connectivity index (χ3n) is 4.94. The number of hydrogen-bond donors (Lipinski definition) is 1. The lowest BCUT2D eigenvalue weighted by atomic mass is 9.98. The number of hydrogen-bond acceptors (Lipinski definition) is 3. The molecule has 2 rings (SSSR count). The number of para-hydroxylation sites is 1. The van der Waals surface area contributed by atoms with Crippen LogP contribution in [0.1, 0.15) is 45.1 Å². The van der Waals surface area contributed by atoms with E-state index in [-0.39, 0.29) is 5.91 Å². The smallest absolute Gasteiger partial charge is 0.220 e. The molecule has 1 heterocycles. The van der Waals surface area contributed by atoms with Crippen LogP contribution >= 0.6 is 0 Å². The summed E-state index contributed by atoms with van der Waals surface area (Å²) in [4.78, 5) is 14.5. The van der Waals surface area contributed by atoms with Crippen LogP contribution in [0.3, 0.4) is 0 Å². The van der Waals surface area contributed by atoms with Gasteiger partial charge < -0.3 is 10.1 Å².